The summed E-state index contributed by atoms with van der Waals surface area (Å²) in [7, 11) is 1.97. The molecule has 0 unspecified atom stereocenters. The van der Waals surface area contributed by atoms with Crippen molar-refractivity contribution < 1.29 is 0 Å². The second-order valence-corrected chi connectivity index (χ2v) is 4.56. The summed E-state index contributed by atoms with van der Waals surface area (Å²) in [5.74, 6) is 1.53. The van der Waals surface area contributed by atoms with Crippen LogP contribution in [0.4, 0.5) is 5.82 Å². The van der Waals surface area contributed by atoms with Crippen molar-refractivity contribution in [1.29, 1.82) is 0 Å². The van der Waals surface area contributed by atoms with Crippen LogP contribution in [0.1, 0.15) is 19.5 Å². The topological polar surface area (TPSA) is 41.1 Å². The van der Waals surface area contributed by atoms with E-state index in [9.17, 15) is 0 Å². The summed E-state index contributed by atoms with van der Waals surface area (Å²) >= 11 is 0. The first kappa shape index (κ1) is 13.6. The molecule has 0 aromatic carbocycles. The van der Waals surface area contributed by atoms with Crippen molar-refractivity contribution in [3.63, 3.8) is 0 Å². The highest BCUT2D eigenvalue weighted by Crippen LogP contribution is 2.06. The van der Waals surface area contributed by atoms with Gasteiger partial charge in [-0.1, -0.05) is 19.9 Å². The molecule has 0 aliphatic carbocycles. The van der Waals surface area contributed by atoms with Gasteiger partial charge in [0.1, 0.15) is 5.82 Å². The number of nitrogens with zero attached hydrogens (tertiary/aromatic N) is 3. The number of likely N-dealkylation sites (N-methyl/N-ethyl adjacent to an activating group) is 1. The minimum atomic E-state index is 0.654. The second kappa shape index (κ2) is 7.01. The van der Waals surface area contributed by atoms with Crippen LogP contribution in [0.3, 0.4) is 0 Å². The third-order valence-corrected chi connectivity index (χ3v) is 2.34. The molecule has 0 saturated carbocycles. The lowest BCUT2D eigenvalue weighted by Crippen LogP contribution is -2.21. The Bertz CT molecular complexity index is 332. The number of anilines is 1. The van der Waals surface area contributed by atoms with E-state index in [0.29, 0.717) is 5.92 Å². The SMILES string of the molecule is C=CCN(C)c1cnc(CNCC(C)C)cn1. The fourth-order valence-electron chi connectivity index (χ4n) is 1.41. The molecule has 0 aliphatic heterocycles. The first-order valence-corrected chi connectivity index (χ1v) is 5.97. The van der Waals surface area contributed by atoms with Crippen LogP contribution in [0.2, 0.25) is 0 Å². The zero-order chi connectivity index (χ0) is 12.7. The fourth-order valence-corrected chi connectivity index (χ4v) is 1.41. The van der Waals surface area contributed by atoms with Gasteiger partial charge in [-0.05, 0) is 12.5 Å². The molecule has 0 fully saturated rings. The summed E-state index contributed by atoms with van der Waals surface area (Å²) in [6.07, 6.45) is 5.47. The second-order valence-electron chi connectivity index (χ2n) is 4.56. The highest BCUT2D eigenvalue weighted by Gasteiger charge is 2.01. The van der Waals surface area contributed by atoms with E-state index >= 15 is 0 Å². The molecular weight excluding hydrogens is 212 g/mol. The Kier molecular flexibility index (Phi) is 5.63. The number of rotatable bonds is 7. The zero-order valence-electron chi connectivity index (χ0n) is 11.0. The van der Waals surface area contributed by atoms with Crippen molar-refractivity contribution in [2.24, 2.45) is 5.92 Å². The summed E-state index contributed by atoms with van der Waals surface area (Å²) in [5.41, 5.74) is 0.974. The molecule has 1 heterocycles. The lowest BCUT2D eigenvalue weighted by Gasteiger charge is -2.15. The summed E-state index contributed by atoms with van der Waals surface area (Å²) in [6.45, 7) is 10.6. The summed E-state index contributed by atoms with van der Waals surface area (Å²) in [6, 6.07) is 0. The van der Waals surface area contributed by atoms with E-state index in [0.717, 1.165) is 31.1 Å². The van der Waals surface area contributed by atoms with E-state index in [4.69, 9.17) is 0 Å². The first-order valence-electron chi connectivity index (χ1n) is 5.97. The Morgan fingerprint density at radius 2 is 2.18 bits per heavy atom. The molecule has 0 atom stereocenters. The van der Waals surface area contributed by atoms with Crippen molar-refractivity contribution >= 4 is 5.82 Å². The van der Waals surface area contributed by atoms with Crippen LogP contribution in [-0.2, 0) is 6.54 Å². The third-order valence-electron chi connectivity index (χ3n) is 2.34. The van der Waals surface area contributed by atoms with Crippen molar-refractivity contribution in [3.8, 4) is 0 Å². The predicted molar refractivity (Wildman–Crippen MR) is 72.0 cm³/mol. The number of nitrogens with one attached hydrogen (secondary N) is 1. The molecule has 0 saturated heterocycles. The van der Waals surface area contributed by atoms with Gasteiger partial charge in [-0.25, -0.2) is 4.98 Å². The molecule has 0 amide bonds. The Hall–Kier alpha value is -1.42. The molecule has 17 heavy (non-hydrogen) atoms. The quantitative estimate of drug-likeness (QED) is 0.731. The van der Waals surface area contributed by atoms with E-state index in [2.05, 4.69) is 35.7 Å². The summed E-state index contributed by atoms with van der Waals surface area (Å²) < 4.78 is 0. The molecule has 0 spiro atoms. The normalized spacial score (nSPS) is 10.6. The highest BCUT2D eigenvalue weighted by atomic mass is 15.2. The number of hydrogen-bond acceptors (Lipinski definition) is 4. The van der Waals surface area contributed by atoms with Gasteiger partial charge >= 0.3 is 0 Å². The molecule has 0 radical (unpaired) electrons. The van der Waals surface area contributed by atoms with E-state index in [-0.39, 0.29) is 0 Å². The molecule has 1 N–H and O–H groups in total. The molecule has 94 valence electrons. The van der Waals surface area contributed by atoms with Crippen molar-refractivity contribution in [2.45, 2.75) is 20.4 Å². The van der Waals surface area contributed by atoms with Crippen molar-refractivity contribution in [2.75, 3.05) is 25.0 Å². The van der Waals surface area contributed by atoms with Crippen molar-refractivity contribution in [3.05, 3.63) is 30.7 Å². The predicted octanol–water partition coefficient (Wildman–Crippen LogP) is 1.84. The lowest BCUT2D eigenvalue weighted by molar-refractivity contribution is 0.547. The van der Waals surface area contributed by atoms with E-state index < -0.39 is 0 Å². The fraction of sp³-hybridized carbons (Fsp3) is 0.538. The molecule has 4 heteroatoms. The molecular formula is C13H22N4. The molecule has 0 aliphatic rings. The average Bonchev–Trinajstić information content (AvgIpc) is 2.30. The summed E-state index contributed by atoms with van der Waals surface area (Å²) in [5, 5.41) is 3.34. The Morgan fingerprint density at radius 1 is 1.41 bits per heavy atom. The van der Waals surface area contributed by atoms with Crippen LogP contribution < -0.4 is 10.2 Å². The van der Waals surface area contributed by atoms with Gasteiger partial charge in [-0.2, -0.15) is 0 Å². The van der Waals surface area contributed by atoms with Crippen LogP contribution in [-0.4, -0.2) is 30.1 Å². The average molecular weight is 234 g/mol. The standard InChI is InChI=1S/C13H22N4/c1-5-6-17(4)13-10-15-12(9-16-13)8-14-7-11(2)3/h5,9-11,14H,1,6-8H2,2-4H3. The molecule has 1 aromatic rings. The largest absolute Gasteiger partial charge is 0.355 e. The maximum absolute atomic E-state index is 4.38. The Balaban J connectivity index is 2.47. The smallest absolute Gasteiger partial charge is 0.147 e. The summed E-state index contributed by atoms with van der Waals surface area (Å²) in [4.78, 5) is 10.8. The van der Waals surface area contributed by atoms with Gasteiger partial charge in [0.2, 0.25) is 0 Å². The van der Waals surface area contributed by atoms with Crippen LogP contribution in [0, 0.1) is 5.92 Å². The molecule has 1 rings (SSSR count). The van der Waals surface area contributed by atoms with Crippen LogP contribution >= 0.6 is 0 Å². The van der Waals surface area contributed by atoms with E-state index in [1.165, 1.54) is 0 Å². The highest BCUT2D eigenvalue weighted by molar-refractivity contribution is 5.35. The van der Waals surface area contributed by atoms with Crippen LogP contribution in [0.15, 0.2) is 25.0 Å². The number of aromatic nitrogens is 2. The number of hydrogen-bond donors (Lipinski definition) is 1. The van der Waals surface area contributed by atoms with E-state index in [1.54, 1.807) is 6.20 Å². The van der Waals surface area contributed by atoms with Crippen LogP contribution in [0.5, 0.6) is 0 Å². The Labute approximate surface area is 104 Å². The van der Waals surface area contributed by atoms with Gasteiger partial charge in [0.15, 0.2) is 0 Å². The van der Waals surface area contributed by atoms with Gasteiger partial charge < -0.3 is 10.2 Å². The van der Waals surface area contributed by atoms with Crippen molar-refractivity contribution in [1.82, 2.24) is 15.3 Å². The Morgan fingerprint density at radius 3 is 2.71 bits per heavy atom. The van der Waals surface area contributed by atoms with E-state index in [1.807, 2.05) is 24.2 Å². The minimum Gasteiger partial charge on any atom is -0.355 e. The molecule has 1 aromatic heterocycles. The zero-order valence-corrected chi connectivity index (χ0v) is 11.0. The van der Waals surface area contributed by atoms with Gasteiger partial charge in [0.25, 0.3) is 0 Å². The monoisotopic (exact) mass is 234 g/mol. The molecule has 4 nitrogen and oxygen atoms in total. The van der Waals surface area contributed by atoms with Gasteiger partial charge in [0, 0.05) is 20.1 Å². The minimum absolute atomic E-state index is 0.654. The van der Waals surface area contributed by atoms with Gasteiger partial charge in [0.05, 0.1) is 18.1 Å². The maximum atomic E-state index is 4.38. The van der Waals surface area contributed by atoms with Gasteiger partial charge in [-0.15, -0.1) is 6.58 Å². The maximum Gasteiger partial charge on any atom is 0.147 e. The van der Waals surface area contributed by atoms with Crippen LogP contribution in [0.25, 0.3) is 0 Å². The lowest BCUT2D eigenvalue weighted by atomic mass is 10.2. The third kappa shape index (κ3) is 4.95. The molecule has 0 bridgehead atoms. The first-order chi connectivity index (χ1) is 8.13. The van der Waals surface area contributed by atoms with Gasteiger partial charge in [-0.3, -0.25) is 4.98 Å².